The van der Waals surface area contributed by atoms with E-state index in [0.717, 1.165) is 5.56 Å². The fraction of sp³-hybridized carbons (Fsp3) is 0.316. The van der Waals surface area contributed by atoms with Crippen LogP contribution in [-0.4, -0.2) is 46.1 Å². The van der Waals surface area contributed by atoms with Crippen molar-refractivity contribution in [1.82, 2.24) is 20.9 Å². The summed E-state index contributed by atoms with van der Waals surface area (Å²) >= 11 is 0. The Morgan fingerprint density at radius 1 is 1.28 bits per heavy atom. The molecular formula is C19H20N4O6. The van der Waals surface area contributed by atoms with E-state index in [1.54, 1.807) is 13.8 Å². The van der Waals surface area contributed by atoms with Crippen LogP contribution < -0.4 is 10.7 Å². The van der Waals surface area contributed by atoms with Crippen LogP contribution in [0.1, 0.15) is 35.2 Å². The zero-order valence-electron chi connectivity index (χ0n) is 15.9. The molecule has 1 aliphatic rings. The largest absolute Gasteiger partial charge is 0.450 e. The van der Waals surface area contributed by atoms with Gasteiger partial charge in [-0.15, -0.1) is 0 Å². The lowest BCUT2D eigenvalue weighted by Crippen LogP contribution is -2.50. The predicted octanol–water partition coefficient (Wildman–Crippen LogP) is 1.11. The number of imide groups is 1. The van der Waals surface area contributed by atoms with Crippen LogP contribution in [0.5, 0.6) is 0 Å². The Balaban J connectivity index is 1.53. The molecule has 4 amide bonds. The van der Waals surface area contributed by atoms with Crippen LogP contribution in [-0.2, 0) is 20.7 Å². The molecule has 0 unspecified atom stereocenters. The van der Waals surface area contributed by atoms with Gasteiger partial charge in [0.1, 0.15) is 5.54 Å². The Bertz CT molecular complexity index is 941. The van der Waals surface area contributed by atoms with Gasteiger partial charge in [0.05, 0.1) is 5.69 Å². The van der Waals surface area contributed by atoms with E-state index in [9.17, 15) is 19.2 Å². The topological polar surface area (TPSA) is 131 Å². The minimum atomic E-state index is -1.16. The molecule has 1 aliphatic heterocycles. The summed E-state index contributed by atoms with van der Waals surface area (Å²) in [5.74, 6) is -2.47. The van der Waals surface area contributed by atoms with Crippen molar-refractivity contribution in [2.75, 3.05) is 6.61 Å². The molecule has 152 valence electrons. The first kappa shape index (κ1) is 20.1. The van der Waals surface area contributed by atoms with Gasteiger partial charge in [-0.1, -0.05) is 35.5 Å². The molecule has 0 radical (unpaired) electrons. The Hall–Kier alpha value is -3.69. The molecule has 1 aromatic carbocycles. The number of nitrogens with zero attached hydrogens (tertiary/aromatic N) is 2. The molecule has 3 rings (SSSR count). The zero-order chi connectivity index (χ0) is 21.0. The van der Waals surface area contributed by atoms with Gasteiger partial charge in [0.25, 0.3) is 11.8 Å². The van der Waals surface area contributed by atoms with Gasteiger partial charge in [-0.05, 0) is 32.3 Å². The average Bonchev–Trinajstić information content (AvgIpc) is 3.23. The van der Waals surface area contributed by atoms with E-state index in [1.165, 1.54) is 6.07 Å². The van der Waals surface area contributed by atoms with Crippen molar-refractivity contribution in [2.45, 2.75) is 32.2 Å². The normalized spacial score (nSPS) is 18.5. The molecule has 0 bridgehead atoms. The fourth-order valence-corrected chi connectivity index (χ4v) is 2.81. The van der Waals surface area contributed by atoms with Crippen molar-refractivity contribution in [3.05, 3.63) is 53.4 Å². The highest BCUT2D eigenvalue weighted by Crippen LogP contribution is 2.22. The minimum absolute atomic E-state index is 0.154. The summed E-state index contributed by atoms with van der Waals surface area (Å²) in [6.07, 6.45) is 0.924. The molecule has 29 heavy (non-hydrogen) atoms. The van der Waals surface area contributed by atoms with E-state index in [1.807, 2.05) is 30.3 Å². The van der Waals surface area contributed by atoms with Gasteiger partial charge < -0.3 is 14.6 Å². The van der Waals surface area contributed by atoms with Crippen LogP contribution in [0.15, 0.2) is 40.9 Å². The predicted molar refractivity (Wildman–Crippen MR) is 98.2 cm³/mol. The smallest absolute Gasteiger partial charge is 0.377 e. The van der Waals surface area contributed by atoms with Crippen molar-refractivity contribution in [3.8, 4) is 0 Å². The number of aromatic nitrogens is 1. The summed E-state index contributed by atoms with van der Waals surface area (Å²) < 4.78 is 9.52. The van der Waals surface area contributed by atoms with Gasteiger partial charge in [0, 0.05) is 6.07 Å². The molecular weight excluding hydrogens is 380 g/mol. The van der Waals surface area contributed by atoms with Crippen molar-refractivity contribution in [1.29, 1.82) is 0 Å². The van der Waals surface area contributed by atoms with E-state index in [4.69, 9.17) is 9.26 Å². The zero-order valence-corrected chi connectivity index (χ0v) is 15.9. The summed E-state index contributed by atoms with van der Waals surface area (Å²) in [4.78, 5) is 48.6. The summed E-state index contributed by atoms with van der Waals surface area (Å²) in [5, 5.41) is 6.73. The van der Waals surface area contributed by atoms with E-state index >= 15 is 0 Å². The molecule has 10 heteroatoms. The van der Waals surface area contributed by atoms with Gasteiger partial charge in [0.2, 0.25) is 5.76 Å². The molecule has 0 spiro atoms. The first-order valence-corrected chi connectivity index (χ1v) is 8.89. The third-order valence-electron chi connectivity index (χ3n) is 4.42. The molecule has 10 nitrogen and oxygen atoms in total. The first-order valence-electron chi connectivity index (χ1n) is 8.89. The quantitative estimate of drug-likeness (QED) is 0.526. The maximum Gasteiger partial charge on any atom is 0.377 e. The molecule has 2 heterocycles. The second-order valence-electron chi connectivity index (χ2n) is 6.83. The lowest BCUT2D eigenvalue weighted by Gasteiger charge is -2.21. The highest BCUT2D eigenvalue weighted by atomic mass is 16.6. The summed E-state index contributed by atoms with van der Waals surface area (Å²) in [6, 6.07) is 10.1. The standard InChI is InChI=1S/C19H20N4O6/c1-12-10-14(29-22-12)16(25)28-11-15(24)21-23-17(26)19(2,20-18(23)27)9-8-13-6-4-3-5-7-13/h3-7,10H,8-9,11H2,1-2H3,(H,20,27)(H,21,24)/t19-/m0/s1. The molecule has 2 N–H and O–H groups in total. The Morgan fingerprint density at radius 3 is 2.66 bits per heavy atom. The number of nitrogens with one attached hydrogen (secondary N) is 2. The van der Waals surface area contributed by atoms with Gasteiger partial charge in [0.15, 0.2) is 6.61 Å². The number of carbonyl (C=O) groups is 4. The number of carbonyl (C=O) groups excluding carboxylic acids is 4. The van der Waals surface area contributed by atoms with Crippen LogP contribution in [0, 0.1) is 6.92 Å². The molecule has 0 saturated carbocycles. The number of rotatable bonds is 7. The lowest BCUT2D eigenvalue weighted by atomic mass is 9.93. The fourth-order valence-electron chi connectivity index (χ4n) is 2.81. The highest BCUT2D eigenvalue weighted by Gasteiger charge is 2.48. The van der Waals surface area contributed by atoms with E-state index < -0.39 is 36.0 Å². The number of hydrogen-bond acceptors (Lipinski definition) is 7. The SMILES string of the molecule is Cc1cc(C(=O)OCC(=O)NN2C(=O)N[C@@](C)(CCc3ccccc3)C2=O)on1. The second-order valence-corrected chi connectivity index (χ2v) is 6.83. The molecule has 1 saturated heterocycles. The van der Waals surface area contributed by atoms with E-state index in [2.05, 4.69) is 15.9 Å². The van der Waals surface area contributed by atoms with Crippen molar-refractivity contribution in [2.24, 2.45) is 0 Å². The molecule has 0 aliphatic carbocycles. The number of ether oxygens (including phenoxy) is 1. The number of esters is 1. The number of urea groups is 1. The number of hydrogen-bond donors (Lipinski definition) is 2. The van der Waals surface area contributed by atoms with Crippen LogP contribution in [0.3, 0.4) is 0 Å². The van der Waals surface area contributed by atoms with E-state index in [0.29, 0.717) is 23.5 Å². The molecule has 1 atom stereocenters. The van der Waals surface area contributed by atoms with Crippen LogP contribution >= 0.6 is 0 Å². The highest BCUT2D eigenvalue weighted by molar-refractivity contribution is 6.07. The lowest BCUT2D eigenvalue weighted by molar-refractivity contribution is -0.140. The van der Waals surface area contributed by atoms with Crippen LogP contribution in [0.4, 0.5) is 4.79 Å². The molecule has 1 aromatic heterocycles. The number of benzene rings is 1. The third-order valence-corrected chi connectivity index (χ3v) is 4.42. The monoisotopic (exact) mass is 400 g/mol. The maximum absolute atomic E-state index is 12.7. The average molecular weight is 400 g/mol. The Morgan fingerprint density at radius 2 is 2.00 bits per heavy atom. The van der Waals surface area contributed by atoms with Gasteiger partial charge in [-0.2, -0.15) is 5.01 Å². The van der Waals surface area contributed by atoms with Crippen LogP contribution in [0.25, 0.3) is 0 Å². The first-order chi connectivity index (χ1) is 13.8. The second kappa shape index (κ2) is 8.13. The number of amides is 4. The van der Waals surface area contributed by atoms with Crippen LogP contribution in [0.2, 0.25) is 0 Å². The summed E-state index contributed by atoms with van der Waals surface area (Å²) in [6.45, 7) is 2.52. The van der Waals surface area contributed by atoms with Crippen molar-refractivity contribution in [3.63, 3.8) is 0 Å². The Kier molecular flexibility index (Phi) is 5.62. The molecule has 2 aromatic rings. The summed E-state index contributed by atoms with van der Waals surface area (Å²) in [7, 11) is 0. The van der Waals surface area contributed by atoms with Gasteiger partial charge in [-0.25, -0.2) is 9.59 Å². The number of aryl methyl sites for hydroxylation is 2. The van der Waals surface area contributed by atoms with Gasteiger partial charge >= 0.3 is 12.0 Å². The Labute approximate surface area is 166 Å². The number of hydrazine groups is 1. The summed E-state index contributed by atoms with van der Waals surface area (Å²) in [5.41, 5.74) is 2.50. The van der Waals surface area contributed by atoms with E-state index in [-0.39, 0.29) is 5.76 Å². The molecule has 1 fully saturated rings. The van der Waals surface area contributed by atoms with Gasteiger partial charge in [-0.3, -0.25) is 15.0 Å². The maximum atomic E-state index is 12.7. The van der Waals surface area contributed by atoms with Crippen molar-refractivity contribution < 1.29 is 28.4 Å². The third kappa shape index (κ3) is 4.60. The van der Waals surface area contributed by atoms with Crippen molar-refractivity contribution >= 4 is 23.8 Å². The minimum Gasteiger partial charge on any atom is -0.450 e.